The lowest BCUT2D eigenvalue weighted by molar-refractivity contribution is 0.589. The topological polar surface area (TPSA) is 108 Å². The Morgan fingerprint density at radius 2 is 1.86 bits per heavy atom. The molecular weight excluding hydrogens is 483 g/mol. The van der Waals surface area contributed by atoms with Crippen molar-refractivity contribution in [2.45, 2.75) is 6.54 Å². The van der Waals surface area contributed by atoms with Gasteiger partial charge in [0, 0.05) is 67.9 Å². The van der Waals surface area contributed by atoms with Crippen molar-refractivity contribution >= 4 is 44.2 Å². The Morgan fingerprint density at radius 3 is 2.58 bits per heavy atom. The number of sulfonamides is 1. The van der Waals surface area contributed by atoms with Crippen LogP contribution in [0.2, 0.25) is 0 Å². The van der Waals surface area contributed by atoms with Crippen molar-refractivity contribution in [1.29, 1.82) is 0 Å². The van der Waals surface area contributed by atoms with Crippen LogP contribution in [0.25, 0.3) is 11.0 Å². The molecule has 0 radical (unpaired) electrons. The highest BCUT2D eigenvalue weighted by Crippen LogP contribution is 2.25. The number of nitrogens with one attached hydrogen (secondary N) is 2. The fourth-order valence-corrected chi connectivity index (χ4v) is 4.66. The highest BCUT2D eigenvalue weighted by molar-refractivity contribution is 7.92. The molecule has 0 aliphatic carbocycles. The number of halogens is 1. The minimum absolute atomic E-state index is 0.165. The van der Waals surface area contributed by atoms with Gasteiger partial charge in [0.1, 0.15) is 17.3 Å². The molecule has 0 spiro atoms. The van der Waals surface area contributed by atoms with Gasteiger partial charge >= 0.3 is 0 Å². The second-order valence-corrected chi connectivity index (χ2v) is 10.7. The van der Waals surface area contributed by atoms with Crippen LogP contribution in [0.1, 0.15) is 5.56 Å². The number of fused-ring (bicyclic) bond motifs is 1. The van der Waals surface area contributed by atoms with E-state index in [1.807, 2.05) is 22.8 Å². The van der Waals surface area contributed by atoms with Crippen LogP contribution < -0.4 is 19.8 Å². The third kappa shape index (κ3) is 5.09. The lowest BCUT2D eigenvalue weighted by Crippen LogP contribution is -2.43. The van der Waals surface area contributed by atoms with E-state index in [0.717, 1.165) is 54.0 Å². The zero-order valence-corrected chi connectivity index (χ0v) is 20.8. The summed E-state index contributed by atoms with van der Waals surface area (Å²) in [5.41, 5.74) is 3.07. The Morgan fingerprint density at radius 1 is 1.11 bits per heavy atom. The number of hydrogen-bond donors (Lipinski definition) is 2. The van der Waals surface area contributed by atoms with Crippen molar-refractivity contribution < 1.29 is 12.8 Å². The van der Waals surface area contributed by atoms with E-state index in [1.54, 1.807) is 12.4 Å². The molecule has 1 fully saturated rings. The fraction of sp³-hybridized carbons (Fsp3) is 0.292. The van der Waals surface area contributed by atoms with Crippen molar-refractivity contribution in [2.24, 2.45) is 0 Å². The fourth-order valence-electron chi connectivity index (χ4n) is 4.18. The third-order valence-corrected chi connectivity index (χ3v) is 7.32. The van der Waals surface area contributed by atoms with Gasteiger partial charge in [-0.15, -0.1) is 0 Å². The highest BCUT2D eigenvalue weighted by Gasteiger charge is 2.19. The smallest absolute Gasteiger partial charge is 0.233 e. The van der Waals surface area contributed by atoms with E-state index in [9.17, 15) is 12.8 Å². The number of benzene rings is 1. The molecule has 1 saturated heterocycles. The molecule has 3 aromatic heterocycles. The van der Waals surface area contributed by atoms with Gasteiger partial charge in [0.25, 0.3) is 0 Å². The van der Waals surface area contributed by atoms with Crippen molar-refractivity contribution in [1.82, 2.24) is 24.8 Å². The maximum atomic E-state index is 14.0. The van der Waals surface area contributed by atoms with Crippen LogP contribution in [0, 0.1) is 5.82 Å². The monoisotopic (exact) mass is 510 g/mol. The average molecular weight is 511 g/mol. The molecule has 0 amide bonds. The van der Waals surface area contributed by atoms with Crippen LogP contribution >= 0.6 is 0 Å². The van der Waals surface area contributed by atoms with Gasteiger partial charge in [0.15, 0.2) is 0 Å². The van der Waals surface area contributed by atoms with Crippen LogP contribution in [0.15, 0.2) is 55.0 Å². The van der Waals surface area contributed by atoms with Crippen LogP contribution in [0.4, 0.5) is 27.5 Å². The summed E-state index contributed by atoms with van der Waals surface area (Å²) in [4.78, 5) is 15.4. The first-order valence-corrected chi connectivity index (χ1v) is 13.4. The maximum absolute atomic E-state index is 14.0. The Labute approximate surface area is 208 Å². The lowest BCUT2D eigenvalue weighted by atomic mass is 10.2. The summed E-state index contributed by atoms with van der Waals surface area (Å²) in [6.07, 6.45) is 5.60. The first kappa shape index (κ1) is 23.9. The van der Waals surface area contributed by atoms with Crippen molar-refractivity contribution in [2.75, 3.05) is 54.0 Å². The van der Waals surface area contributed by atoms with Gasteiger partial charge < -0.3 is 20.1 Å². The Hall–Kier alpha value is -3.77. The maximum Gasteiger partial charge on any atom is 0.233 e. The minimum Gasteiger partial charge on any atom is -0.369 e. The molecule has 10 nitrogen and oxygen atoms in total. The number of piperazine rings is 1. The van der Waals surface area contributed by atoms with Crippen molar-refractivity contribution in [3.05, 3.63) is 66.4 Å². The van der Waals surface area contributed by atoms with E-state index in [4.69, 9.17) is 0 Å². The molecule has 36 heavy (non-hydrogen) atoms. The summed E-state index contributed by atoms with van der Waals surface area (Å²) in [7, 11) is -2.17. The Kier molecular flexibility index (Phi) is 6.46. The van der Waals surface area contributed by atoms with E-state index in [1.165, 1.54) is 18.8 Å². The summed E-state index contributed by atoms with van der Waals surface area (Å²) in [5.74, 6) is 0.0364. The van der Waals surface area contributed by atoms with Gasteiger partial charge in [0.2, 0.25) is 16.0 Å². The Bertz CT molecular complexity index is 1480. The quantitative estimate of drug-likeness (QED) is 0.391. The zero-order valence-electron chi connectivity index (χ0n) is 20.0. The normalized spacial score (nSPS) is 14.2. The molecule has 12 heteroatoms. The summed E-state index contributed by atoms with van der Waals surface area (Å²) in [6.45, 7) is 4.09. The summed E-state index contributed by atoms with van der Waals surface area (Å²) in [5, 5.41) is 7.40. The van der Waals surface area contributed by atoms with Crippen LogP contribution in [-0.4, -0.2) is 67.4 Å². The van der Waals surface area contributed by atoms with Crippen molar-refractivity contribution in [3.8, 4) is 0 Å². The van der Waals surface area contributed by atoms with Gasteiger partial charge in [-0.25, -0.2) is 22.8 Å². The van der Waals surface area contributed by atoms with E-state index in [0.29, 0.717) is 17.2 Å². The first-order chi connectivity index (χ1) is 17.3. The van der Waals surface area contributed by atoms with E-state index in [2.05, 4.69) is 42.6 Å². The molecule has 0 atom stereocenters. The molecule has 0 bridgehead atoms. The Balaban J connectivity index is 1.39. The lowest BCUT2D eigenvalue weighted by Gasteiger charge is -2.29. The second kappa shape index (κ2) is 9.70. The molecule has 4 aromatic rings. The van der Waals surface area contributed by atoms with E-state index < -0.39 is 15.8 Å². The average Bonchev–Trinajstić information content (AvgIpc) is 3.26. The summed E-state index contributed by atoms with van der Waals surface area (Å²) >= 11 is 0. The minimum atomic E-state index is -3.57. The highest BCUT2D eigenvalue weighted by atomic mass is 32.2. The van der Waals surface area contributed by atoms with Gasteiger partial charge in [-0.3, -0.25) is 4.31 Å². The van der Waals surface area contributed by atoms with Gasteiger partial charge in [0.05, 0.1) is 19.0 Å². The zero-order chi connectivity index (χ0) is 25.3. The standard InChI is InChI=1S/C24H27FN8O2S/c1-31(36(2,34)35)22-18(13-19(25)15-27-22)16-33-10-7-17-14-28-24(30-23(17)33)29-20-3-5-21(6-4-20)32-11-8-26-9-12-32/h3-7,10,13-15,26H,8-9,11-12,16H2,1-2H3,(H,28,29,30). The predicted molar refractivity (Wildman–Crippen MR) is 139 cm³/mol. The van der Waals surface area contributed by atoms with Crippen LogP contribution in [0.3, 0.4) is 0 Å². The van der Waals surface area contributed by atoms with Gasteiger partial charge in [-0.2, -0.15) is 4.98 Å². The van der Waals surface area contributed by atoms with Gasteiger partial charge in [-0.05, 0) is 36.4 Å². The molecule has 1 aliphatic rings. The van der Waals surface area contributed by atoms with Crippen LogP contribution in [0.5, 0.6) is 0 Å². The van der Waals surface area contributed by atoms with Crippen LogP contribution in [-0.2, 0) is 16.6 Å². The number of hydrogen-bond acceptors (Lipinski definition) is 8. The molecule has 0 unspecified atom stereocenters. The third-order valence-electron chi connectivity index (χ3n) is 6.15. The molecule has 1 aromatic carbocycles. The molecular formula is C24H27FN8O2S. The van der Waals surface area contributed by atoms with Crippen molar-refractivity contribution in [3.63, 3.8) is 0 Å². The molecule has 0 saturated carbocycles. The number of pyridine rings is 1. The second-order valence-electron chi connectivity index (χ2n) is 8.69. The number of anilines is 4. The summed E-state index contributed by atoms with van der Waals surface area (Å²) < 4.78 is 41.0. The molecule has 5 rings (SSSR count). The van der Waals surface area contributed by atoms with E-state index in [-0.39, 0.29) is 12.4 Å². The largest absolute Gasteiger partial charge is 0.369 e. The molecule has 1 aliphatic heterocycles. The number of nitrogens with zero attached hydrogens (tertiary/aromatic N) is 6. The SMILES string of the molecule is CN(c1ncc(F)cc1Cn1ccc2cnc(Nc3ccc(N4CCNCC4)cc3)nc21)S(C)(=O)=O. The predicted octanol–water partition coefficient (Wildman–Crippen LogP) is 2.56. The molecule has 2 N–H and O–H groups in total. The molecule has 188 valence electrons. The van der Waals surface area contributed by atoms with Gasteiger partial charge in [-0.1, -0.05) is 0 Å². The summed E-state index contributed by atoms with van der Waals surface area (Å²) in [6, 6.07) is 11.3. The first-order valence-electron chi connectivity index (χ1n) is 11.5. The number of rotatable bonds is 7. The molecule has 4 heterocycles. The number of aromatic nitrogens is 4. The van der Waals surface area contributed by atoms with E-state index >= 15 is 0 Å².